The average Bonchev–Trinajstić information content (AvgIpc) is 3.30. The van der Waals surface area contributed by atoms with Crippen LogP contribution in [0.4, 0.5) is 5.82 Å². The zero-order chi connectivity index (χ0) is 33.0. The van der Waals surface area contributed by atoms with Gasteiger partial charge in [-0.1, -0.05) is 0 Å². The number of aryl methyl sites for hydroxylation is 1. The second-order valence-corrected chi connectivity index (χ2v) is 15.6. The number of phosphoric acid groups is 2. The molecule has 4 aromatic rings. The topological polar surface area (TPSA) is 289 Å². The van der Waals surface area contributed by atoms with E-state index in [9.17, 15) is 33.9 Å². The molecular formula is C24H28N8O12P2S. The Morgan fingerprint density at radius 3 is 2.62 bits per heavy atom. The number of H-pyrrole nitrogens is 1. The lowest BCUT2D eigenvalue weighted by Gasteiger charge is -2.30. The van der Waals surface area contributed by atoms with E-state index < -0.39 is 94.8 Å². The van der Waals surface area contributed by atoms with E-state index in [1.54, 1.807) is 11.5 Å². The Morgan fingerprint density at radius 1 is 1.11 bits per heavy atom. The fraction of sp³-hybridized carbons (Fsp3) is 0.583. The molecule has 2 saturated carbocycles. The number of anilines is 1. The lowest BCUT2D eigenvalue weighted by molar-refractivity contribution is -0.0479. The molecule has 8 rings (SSSR count). The first kappa shape index (κ1) is 31.5. The van der Waals surface area contributed by atoms with Crippen LogP contribution in [0.1, 0.15) is 23.2 Å². The molecule has 0 spiro atoms. The van der Waals surface area contributed by atoms with Gasteiger partial charge < -0.3 is 40.0 Å². The molecule has 252 valence electrons. The summed E-state index contributed by atoms with van der Waals surface area (Å²) in [5.74, 6) is -2.08. The molecule has 7 N–H and O–H groups in total. The number of ether oxygens (including phenoxy) is 1. The van der Waals surface area contributed by atoms with Gasteiger partial charge in [0.05, 0.1) is 42.7 Å². The van der Waals surface area contributed by atoms with Gasteiger partial charge in [0.1, 0.15) is 47.6 Å². The highest BCUT2D eigenvalue weighted by molar-refractivity contribution is 7.47. The summed E-state index contributed by atoms with van der Waals surface area (Å²) in [6.07, 6.45) is -3.63. The van der Waals surface area contributed by atoms with Crippen molar-refractivity contribution in [2.24, 2.45) is 17.8 Å². The number of fused-ring (bicyclic) bond motifs is 7. The lowest BCUT2D eigenvalue weighted by atomic mass is 9.96. The number of aliphatic hydroxyl groups excluding tert-OH is 2. The Bertz CT molecular complexity index is 2060. The minimum Gasteiger partial charge on any atom is -0.396 e. The molecule has 0 amide bonds. The number of phosphoric ester groups is 2. The first-order valence-corrected chi connectivity index (χ1v) is 18.2. The highest BCUT2D eigenvalue weighted by atomic mass is 32.1. The molecule has 2 bridgehead atoms. The Morgan fingerprint density at radius 2 is 1.85 bits per heavy atom. The van der Waals surface area contributed by atoms with Crippen molar-refractivity contribution >= 4 is 55.2 Å². The molecule has 2 saturated heterocycles. The normalized spacial score (nSPS) is 40.4. The van der Waals surface area contributed by atoms with Crippen LogP contribution in [0.3, 0.4) is 0 Å². The third kappa shape index (κ3) is 4.92. The van der Waals surface area contributed by atoms with Crippen LogP contribution in [-0.2, 0) is 37.5 Å². The molecule has 2 aliphatic heterocycles. The molecule has 2 aliphatic carbocycles. The molecule has 3 unspecified atom stereocenters. The van der Waals surface area contributed by atoms with Gasteiger partial charge in [0.15, 0.2) is 17.0 Å². The third-order valence-electron chi connectivity index (χ3n) is 9.41. The van der Waals surface area contributed by atoms with E-state index in [1.165, 1.54) is 12.7 Å². The van der Waals surface area contributed by atoms with E-state index in [0.29, 0.717) is 12.1 Å². The highest BCUT2D eigenvalue weighted by Crippen LogP contribution is 2.68. The van der Waals surface area contributed by atoms with Crippen molar-refractivity contribution in [1.82, 2.24) is 33.9 Å². The van der Waals surface area contributed by atoms with Gasteiger partial charge in [-0.2, -0.15) is 4.37 Å². The molecule has 4 fully saturated rings. The Hall–Kier alpha value is -2.78. The molecule has 6 heterocycles. The lowest BCUT2D eigenvalue weighted by Crippen LogP contribution is -2.40. The molecule has 11 atom stereocenters. The fourth-order valence-electron chi connectivity index (χ4n) is 7.24. The van der Waals surface area contributed by atoms with Gasteiger partial charge in [-0.15, -0.1) is 0 Å². The maximum atomic E-state index is 13.5. The van der Waals surface area contributed by atoms with Crippen LogP contribution in [0.25, 0.3) is 22.2 Å². The number of aliphatic hydroxyl groups is 2. The quantitative estimate of drug-likeness (QED) is 0.151. The van der Waals surface area contributed by atoms with E-state index in [-0.39, 0.29) is 33.1 Å². The predicted octanol–water partition coefficient (Wildman–Crippen LogP) is -0.118. The van der Waals surface area contributed by atoms with Crippen molar-refractivity contribution in [3.05, 3.63) is 33.7 Å². The summed E-state index contributed by atoms with van der Waals surface area (Å²) < 4.78 is 60.8. The monoisotopic (exact) mass is 714 g/mol. The largest absolute Gasteiger partial charge is 0.472 e. The summed E-state index contributed by atoms with van der Waals surface area (Å²) >= 11 is 0.845. The number of aromatic nitrogens is 7. The zero-order valence-corrected chi connectivity index (χ0v) is 26.8. The summed E-state index contributed by atoms with van der Waals surface area (Å²) in [5, 5.41) is 21.9. The van der Waals surface area contributed by atoms with Crippen LogP contribution in [-0.4, -0.2) is 98.1 Å². The van der Waals surface area contributed by atoms with E-state index in [2.05, 4.69) is 29.3 Å². The first-order valence-electron chi connectivity index (χ1n) is 14.4. The number of nitrogen functional groups attached to an aromatic ring is 1. The van der Waals surface area contributed by atoms with Crippen LogP contribution in [0.5, 0.6) is 0 Å². The van der Waals surface area contributed by atoms with Gasteiger partial charge in [0.25, 0.3) is 5.56 Å². The maximum Gasteiger partial charge on any atom is 0.472 e. The van der Waals surface area contributed by atoms with Crippen LogP contribution in [0.15, 0.2) is 17.4 Å². The predicted molar refractivity (Wildman–Crippen MR) is 158 cm³/mol. The molecule has 23 heteroatoms. The van der Waals surface area contributed by atoms with Crippen molar-refractivity contribution in [1.29, 1.82) is 0 Å². The smallest absolute Gasteiger partial charge is 0.396 e. The summed E-state index contributed by atoms with van der Waals surface area (Å²) in [6, 6.07) is 0. The van der Waals surface area contributed by atoms with Crippen LogP contribution >= 0.6 is 27.2 Å². The molecule has 4 aromatic heterocycles. The molecule has 47 heavy (non-hydrogen) atoms. The fourth-order valence-corrected chi connectivity index (χ4v) is 10.1. The molecule has 0 aromatic carbocycles. The Balaban J connectivity index is 1.15. The van der Waals surface area contributed by atoms with Crippen LogP contribution in [0.2, 0.25) is 0 Å². The number of hydrogen-bond acceptors (Lipinski definition) is 17. The second kappa shape index (κ2) is 10.9. The molecular weight excluding hydrogens is 686 g/mol. The number of nitrogens with one attached hydrogen (secondary N) is 1. The average molecular weight is 715 g/mol. The number of imidazole rings is 1. The second-order valence-electron chi connectivity index (χ2n) is 12.0. The number of nitrogens with two attached hydrogens (primary N) is 1. The summed E-state index contributed by atoms with van der Waals surface area (Å²) in [5.41, 5.74) is 5.07. The van der Waals surface area contributed by atoms with Crippen molar-refractivity contribution in [2.45, 2.75) is 49.4 Å². The van der Waals surface area contributed by atoms with Crippen LogP contribution in [0, 0.1) is 24.7 Å². The molecule has 0 radical (unpaired) electrons. The Labute approximate surface area is 267 Å². The van der Waals surface area contributed by atoms with Gasteiger partial charge in [0, 0.05) is 11.8 Å². The number of rotatable bonds is 3. The number of hydrogen-bond donors (Lipinski definition) is 6. The van der Waals surface area contributed by atoms with E-state index in [1.807, 2.05) is 0 Å². The maximum absolute atomic E-state index is 13.5. The van der Waals surface area contributed by atoms with Gasteiger partial charge >= 0.3 is 15.6 Å². The van der Waals surface area contributed by atoms with Gasteiger partial charge in [-0.05, 0) is 30.8 Å². The minimum absolute atomic E-state index is 0.00265. The van der Waals surface area contributed by atoms with Crippen molar-refractivity contribution in [3.63, 3.8) is 0 Å². The number of aromatic amines is 1. The van der Waals surface area contributed by atoms with Gasteiger partial charge in [0.2, 0.25) is 0 Å². The Kier molecular flexibility index (Phi) is 7.28. The van der Waals surface area contributed by atoms with Gasteiger partial charge in [-0.25, -0.2) is 29.1 Å². The summed E-state index contributed by atoms with van der Waals surface area (Å²) in [6.45, 7) is -0.264. The van der Waals surface area contributed by atoms with E-state index >= 15 is 0 Å². The summed E-state index contributed by atoms with van der Waals surface area (Å²) in [7, 11) is -9.92. The van der Waals surface area contributed by atoms with Gasteiger partial charge in [-0.3, -0.25) is 22.9 Å². The van der Waals surface area contributed by atoms with Crippen molar-refractivity contribution in [2.75, 3.05) is 25.6 Å². The van der Waals surface area contributed by atoms with Crippen LogP contribution < -0.4 is 11.3 Å². The van der Waals surface area contributed by atoms with Crippen molar-refractivity contribution < 1.29 is 52.0 Å². The van der Waals surface area contributed by atoms with E-state index in [4.69, 9.17) is 28.6 Å². The zero-order valence-electron chi connectivity index (χ0n) is 24.2. The summed E-state index contributed by atoms with van der Waals surface area (Å²) in [4.78, 5) is 53.9. The molecule has 4 aliphatic rings. The number of nitrogens with zero attached hydrogens (tertiary/aromatic N) is 6. The minimum atomic E-state index is -4.97. The SMILES string of the molecule is Cc1nc2c([C@@H]3O[C@@H]4COP(=O)(O)O[C@@H]5[C@@H](COP(=O)(O)O[C@@H]3[C@@H]4CO)[C@@H]3CC3(n3cnc4c(N)ncnc43)[C@@H]5O)snc2c(=O)[nH]1. The highest BCUT2D eigenvalue weighted by Gasteiger charge is 2.74. The standard InChI is InChI=1S/C24H28N8O12P2S/c1-8-29-13-14(23(35)30-8)31-47-19(13)18-16-9(3-33)12(42-18)5-41-46(38,39)44-17-10(4-40-45(36,37)43-16)11-2-24(11,20(17)34)32-7-28-15-21(25)26-6-27-22(15)32/h6-7,9-12,16-18,20,33-34H,2-5H2,1H3,(H,36,37)(H,38,39)(H2,25,26,27)(H,29,30,35)/t9-,10+,11+,12-,16-,17-,18-,20-,24?/m1/s1. The van der Waals surface area contributed by atoms with Crippen molar-refractivity contribution in [3.8, 4) is 0 Å². The van der Waals surface area contributed by atoms with E-state index in [0.717, 1.165) is 11.5 Å². The molecule has 20 nitrogen and oxygen atoms in total. The third-order valence-corrected chi connectivity index (χ3v) is 12.3. The first-order chi connectivity index (χ1) is 22.3.